The third-order valence-electron chi connectivity index (χ3n) is 15.1. The molecule has 1 unspecified atom stereocenters. The SMILES string of the molecule is CC/C=C\C/C=C\C/C=C\C/C=C\CCCCC(=O)OC(COC(=O)CCCCCCCCCCCCCC)COC(=O)CCCCCCCCCCCCCCCCCCCCCCCCCCCCCCCCC. The third-order valence-corrected chi connectivity index (χ3v) is 15.1. The highest BCUT2D eigenvalue weighted by Crippen LogP contribution is 2.18. The Morgan fingerprint density at radius 1 is 0.276 bits per heavy atom. The smallest absolute Gasteiger partial charge is 0.306 e. The molecule has 0 aromatic heterocycles. The zero-order valence-corrected chi connectivity index (χ0v) is 51.0. The van der Waals surface area contributed by atoms with E-state index >= 15 is 0 Å². The number of hydrogen-bond donors (Lipinski definition) is 0. The van der Waals surface area contributed by atoms with E-state index in [1.165, 1.54) is 238 Å². The largest absolute Gasteiger partial charge is 0.462 e. The van der Waals surface area contributed by atoms with Gasteiger partial charge in [0.05, 0.1) is 0 Å². The van der Waals surface area contributed by atoms with Gasteiger partial charge in [-0.25, -0.2) is 0 Å². The summed E-state index contributed by atoms with van der Waals surface area (Å²) in [5, 5.41) is 0. The Balaban J connectivity index is 4.12. The van der Waals surface area contributed by atoms with E-state index in [9.17, 15) is 14.4 Å². The van der Waals surface area contributed by atoms with E-state index < -0.39 is 6.10 Å². The second-order valence-corrected chi connectivity index (χ2v) is 22.7. The molecule has 0 radical (unpaired) electrons. The van der Waals surface area contributed by atoms with E-state index in [1.54, 1.807) is 0 Å². The first-order valence-corrected chi connectivity index (χ1v) is 33.6. The number of hydrogen-bond acceptors (Lipinski definition) is 6. The van der Waals surface area contributed by atoms with Gasteiger partial charge in [0.2, 0.25) is 0 Å². The molecule has 0 aromatic carbocycles. The van der Waals surface area contributed by atoms with Gasteiger partial charge in [-0.05, 0) is 57.8 Å². The molecular weight excluding hydrogens is 937 g/mol. The van der Waals surface area contributed by atoms with Gasteiger partial charge < -0.3 is 14.2 Å². The molecule has 0 rings (SSSR count). The standard InChI is InChI=1S/C70H128O6/c1-4-7-10-13-16-19-22-25-27-28-29-30-31-32-33-34-35-36-37-38-39-40-41-42-44-45-48-51-54-57-60-63-69(72)75-66-67(65-74-68(71)62-59-56-53-50-47-24-21-18-15-12-9-6-3)76-70(73)64-61-58-55-52-49-46-43-26-23-20-17-14-11-8-5-2/h8,11,17,20,26,43,49,52,67H,4-7,9-10,12-16,18-19,21-25,27-42,44-48,50-51,53-66H2,1-3H3/b11-8-,20-17-,43-26-,52-49-. The van der Waals surface area contributed by atoms with Gasteiger partial charge in [-0.15, -0.1) is 0 Å². The van der Waals surface area contributed by atoms with Crippen LogP contribution in [0.15, 0.2) is 48.6 Å². The summed E-state index contributed by atoms with van der Waals surface area (Å²) in [6.45, 7) is 6.54. The van der Waals surface area contributed by atoms with Crippen LogP contribution in [0, 0.1) is 0 Å². The highest BCUT2D eigenvalue weighted by Gasteiger charge is 2.19. The minimum atomic E-state index is -0.792. The molecule has 0 saturated heterocycles. The molecule has 0 heterocycles. The molecule has 0 aliphatic carbocycles. The lowest BCUT2D eigenvalue weighted by atomic mass is 10.0. The number of unbranched alkanes of at least 4 members (excludes halogenated alkanes) is 43. The van der Waals surface area contributed by atoms with Crippen molar-refractivity contribution in [3.8, 4) is 0 Å². The maximum atomic E-state index is 12.9. The lowest BCUT2D eigenvalue weighted by molar-refractivity contribution is -0.167. The van der Waals surface area contributed by atoms with Crippen LogP contribution in [0.1, 0.15) is 361 Å². The van der Waals surface area contributed by atoms with Crippen molar-refractivity contribution in [1.82, 2.24) is 0 Å². The highest BCUT2D eigenvalue weighted by molar-refractivity contribution is 5.71. The summed E-state index contributed by atoms with van der Waals surface area (Å²) in [5.41, 5.74) is 0. The molecular formula is C70H128O6. The Labute approximate surface area is 473 Å². The average molecular weight is 1070 g/mol. The summed E-state index contributed by atoms with van der Waals surface area (Å²) >= 11 is 0. The van der Waals surface area contributed by atoms with E-state index in [0.29, 0.717) is 19.3 Å². The van der Waals surface area contributed by atoms with E-state index in [-0.39, 0.29) is 37.5 Å². The lowest BCUT2D eigenvalue weighted by Gasteiger charge is -2.18. The Kier molecular flexibility index (Phi) is 62.6. The summed E-state index contributed by atoms with van der Waals surface area (Å²) in [6, 6.07) is 0. The van der Waals surface area contributed by atoms with Crippen LogP contribution in [-0.4, -0.2) is 37.2 Å². The van der Waals surface area contributed by atoms with Crippen molar-refractivity contribution in [2.24, 2.45) is 0 Å². The molecule has 444 valence electrons. The topological polar surface area (TPSA) is 78.9 Å². The van der Waals surface area contributed by atoms with Gasteiger partial charge in [-0.1, -0.05) is 333 Å². The molecule has 0 N–H and O–H groups in total. The molecule has 0 aliphatic rings. The van der Waals surface area contributed by atoms with Crippen LogP contribution in [0.25, 0.3) is 0 Å². The van der Waals surface area contributed by atoms with Gasteiger partial charge in [0, 0.05) is 19.3 Å². The zero-order chi connectivity index (χ0) is 55.0. The lowest BCUT2D eigenvalue weighted by Crippen LogP contribution is -2.30. The molecule has 0 saturated carbocycles. The van der Waals surface area contributed by atoms with E-state index in [1.807, 2.05) is 0 Å². The maximum absolute atomic E-state index is 12.9. The normalized spacial score (nSPS) is 12.3. The summed E-state index contributed by atoms with van der Waals surface area (Å²) in [4.78, 5) is 38.2. The maximum Gasteiger partial charge on any atom is 0.306 e. The van der Waals surface area contributed by atoms with Crippen molar-refractivity contribution in [1.29, 1.82) is 0 Å². The van der Waals surface area contributed by atoms with Crippen LogP contribution in [0.5, 0.6) is 0 Å². The molecule has 0 aromatic rings. The van der Waals surface area contributed by atoms with E-state index in [4.69, 9.17) is 14.2 Å². The Hall–Kier alpha value is -2.63. The van der Waals surface area contributed by atoms with Crippen LogP contribution in [0.3, 0.4) is 0 Å². The van der Waals surface area contributed by atoms with Crippen LogP contribution in [0.2, 0.25) is 0 Å². The van der Waals surface area contributed by atoms with Crippen molar-refractivity contribution in [2.45, 2.75) is 367 Å². The van der Waals surface area contributed by atoms with Crippen molar-refractivity contribution in [2.75, 3.05) is 13.2 Å². The van der Waals surface area contributed by atoms with Crippen LogP contribution in [0.4, 0.5) is 0 Å². The molecule has 76 heavy (non-hydrogen) atoms. The van der Waals surface area contributed by atoms with E-state index in [2.05, 4.69) is 69.4 Å². The fourth-order valence-corrected chi connectivity index (χ4v) is 10.1. The first-order valence-electron chi connectivity index (χ1n) is 33.6. The highest BCUT2D eigenvalue weighted by atomic mass is 16.6. The Bertz CT molecular complexity index is 1310. The molecule has 1 atom stereocenters. The van der Waals surface area contributed by atoms with Crippen LogP contribution in [-0.2, 0) is 28.6 Å². The quantitative estimate of drug-likeness (QED) is 0.0261. The van der Waals surface area contributed by atoms with Gasteiger partial charge in [-0.3, -0.25) is 14.4 Å². The fraction of sp³-hybridized carbons (Fsp3) is 0.843. The number of carbonyl (C=O) groups excluding carboxylic acids is 3. The van der Waals surface area contributed by atoms with Crippen LogP contribution < -0.4 is 0 Å². The summed E-state index contributed by atoms with van der Waals surface area (Å²) < 4.78 is 16.9. The second kappa shape index (κ2) is 64.9. The first-order chi connectivity index (χ1) is 37.5. The molecule has 0 spiro atoms. The molecule has 0 bridgehead atoms. The minimum absolute atomic E-state index is 0.0853. The van der Waals surface area contributed by atoms with Gasteiger partial charge in [0.15, 0.2) is 6.10 Å². The Morgan fingerprint density at radius 3 is 0.803 bits per heavy atom. The number of esters is 3. The number of allylic oxidation sites excluding steroid dienone is 8. The molecule has 6 nitrogen and oxygen atoms in total. The van der Waals surface area contributed by atoms with E-state index in [0.717, 1.165) is 77.0 Å². The van der Waals surface area contributed by atoms with Crippen LogP contribution >= 0.6 is 0 Å². The number of carbonyl (C=O) groups is 3. The fourth-order valence-electron chi connectivity index (χ4n) is 10.1. The zero-order valence-electron chi connectivity index (χ0n) is 51.0. The molecule has 0 fully saturated rings. The van der Waals surface area contributed by atoms with Crippen molar-refractivity contribution in [3.05, 3.63) is 48.6 Å². The summed E-state index contributed by atoms with van der Waals surface area (Å²) in [7, 11) is 0. The van der Waals surface area contributed by atoms with Crippen molar-refractivity contribution < 1.29 is 28.6 Å². The predicted octanol–water partition coefficient (Wildman–Crippen LogP) is 22.9. The van der Waals surface area contributed by atoms with Gasteiger partial charge in [0.25, 0.3) is 0 Å². The van der Waals surface area contributed by atoms with Gasteiger partial charge >= 0.3 is 17.9 Å². The minimum Gasteiger partial charge on any atom is -0.462 e. The second-order valence-electron chi connectivity index (χ2n) is 22.7. The summed E-state index contributed by atoms with van der Waals surface area (Å²) in [5.74, 6) is -0.907. The predicted molar refractivity (Wildman–Crippen MR) is 330 cm³/mol. The first kappa shape index (κ1) is 73.4. The van der Waals surface area contributed by atoms with Gasteiger partial charge in [-0.2, -0.15) is 0 Å². The summed E-state index contributed by atoms with van der Waals surface area (Å²) in [6.07, 6.45) is 81.6. The Morgan fingerprint density at radius 2 is 0.513 bits per heavy atom. The monoisotopic (exact) mass is 1060 g/mol. The molecule has 0 amide bonds. The number of rotatable bonds is 62. The number of ether oxygens (including phenoxy) is 3. The van der Waals surface area contributed by atoms with Gasteiger partial charge in [0.1, 0.15) is 13.2 Å². The average Bonchev–Trinajstić information content (AvgIpc) is 3.42. The molecule has 6 heteroatoms. The van der Waals surface area contributed by atoms with Crippen molar-refractivity contribution in [3.63, 3.8) is 0 Å². The third kappa shape index (κ3) is 62.2. The van der Waals surface area contributed by atoms with Crippen molar-refractivity contribution >= 4 is 17.9 Å². The molecule has 0 aliphatic heterocycles.